The second kappa shape index (κ2) is 10.7. The maximum atomic E-state index is 13.2. The van der Waals surface area contributed by atoms with Crippen LogP contribution in [-0.2, 0) is 22.6 Å². The monoisotopic (exact) mass is 434 g/mol. The Balaban J connectivity index is 2.26. The van der Waals surface area contributed by atoms with Crippen LogP contribution in [0.2, 0.25) is 10.0 Å². The van der Waals surface area contributed by atoms with Gasteiger partial charge in [0.1, 0.15) is 6.04 Å². The van der Waals surface area contributed by atoms with E-state index >= 15 is 0 Å². The number of aryl methyl sites for hydroxylation is 2. The van der Waals surface area contributed by atoms with Crippen molar-refractivity contribution in [1.29, 1.82) is 0 Å². The SMILES string of the molecule is CCCNC(=O)C(C)N(Cc1ccc(Cl)c(Cl)c1)C(=O)Cc1ccc(C)c(C)c1. The highest BCUT2D eigenvalue weighted by Crippen LogP contribution is 2.24. The van der Waals surface area contributed by atoms with Gasteiger partial charge in [0.25, 0.3) is 0 Å². The molecule has 4 nitrogen and oxygen atoms in total. The molecule has 0 heterocycles. The predicted octanol–water partition coefficient (Wildman–Crippen LogP) is 5.10. The van der Waals surface area contributed by atoms with Crippen molar-refractivity contribution >= 4 is 35.0 Å². The Morgan fingerprint density at radius 2 is 1.69 bits per heavy atom. The minimum absolute atomic E-state index is 0.113. The van der Waals surface area contributed by atoms with E-state index in [0.717, 1.165) is 23.1 Å². The normalized spacial score (nSPS) is 11.8. The van der Waals surface area contributed by atoms with Gasteiger partial charge in [-0.1, -0.05) is 54.4 Å². The summed E-state index contributed by atoms with van der Waals surface area (Å²) in [5, 5.41) is 3.75. The van der Waals surface area contributed by atoms with E-state index in [1.807, 2.05) is 45.0 Å². The zero-order valence-electron chi connectivity index (χ0n) is 17.4. The summed E-state index contributed by atoms with van der Waals surface area (Å²) in [6, 6.07) is 10.6. The van der Waals surface area contributed by atoms with Crippen molar-refractivity contribution in [2.24, 2.45) is 0 Å². The van der Waals surface area contributed by atoms with Gasteiger partial charge < -0.3 is 10.2 Å². The van der Waals surface area contributed by atoms with Crippen molar-refractivity contribution in [3.8, 4) is 0 Å². The summed E-state index contributed by atoms with van der Waals surface area (Å²) in [7, 11) is 0. The molecule has 0 saturated heterocycles. The highest BCUT2D eigenvalue weighted by molar-refractivity contribution is 6.42. The number of nitrogens with zero attached hydrogens (tertiary/aromatic N) is 1. The van der Waals surface area contributed by atoms with Gasteiger partial charge in [-0.2, -0.15) is 0 Å². The number of nitrogens with one attached hydrogen (secondary N) is 1. The molecule has 2 aromatic carbocycles. The first-order valence-corrected chi connectivity index (χ1v) is 10.6. The van der Waals surface area contributed by atoms with E-state index < -0.39 is 6.04 Å². The molecule has 29 heavy (non-hydrogen) atoms. The topological polar surface area (TPSA) is 49.4 Å². The molecule has 0 bridgehead atoms. The minimum atomic E-state index is -0.602. The lowest BCUT2D eigenvalue weighted by Gasteiger charge is -2.29. The predicted molar refractivity (Wildman–Crippen MR) is 119 cm³/mol. The molecule has 0 radical (unpaired) electrons. The molecule has 2 rings (SSSR count). The van der Waals surface area contributed by atoms with Gasteiger partial charge in [0.05, 0.1) is 16.5 Å². The van der Waals surface area contributed by atoms with Gasteiger partial charge in [-0.05, 0) is 61.6 Å². The van der Waals surface area contributed by atoms with Crippen LogP contribution in [0.1, 0.15) is 42.5 Å². The number of rotatable bonds is 8. The highest BCUT2D eigenvalue weighted by Gasteiger charge is 2.26. The summed E-state index contributed by atoms with van der Waals surface area (Å²) < 4.78 is 0. The average molecular weight is 435 g/mol. The van der Waals surface area contributed by atoms with Crippen molar-refractivity contribution in [1.82, 2.24) is 10.2 Å². The van der Waals surface area contributed by atoms with E-state index in [1.165, 1.54) is 5.56 Å². The molecule has 1 N–H and O–H groups in total. The molecule has 1 unspecified atom stereocenters. The number of benzene rings is 2. The van der Waals surface area contributed by atoms with Gasteiger partial charge >= 0.3 is 0 Å². The lowest BCUT2D eigenvalue weighted by atomic mass is 10.0. The Hall–Kier alpha value is -2.04. The van der Waals surface area contributed by atoms with E-state index in [2.05, 4.69) is 5.32 Å². The van der Waals surface area contributed by atoms with Crippen LogP contribution in [0.4, 0.5) is 0 Å². The maximum Gasteiger partial charge on any atom is 0.242 e. The fourth-order valence-electron chi connectivity index (χ4n) is 3.00. The first-order valence-electron chi connectivity index (χ1n) is 9.80. The molecule has 0 aromatic heterocycles. The first kappa shape index (κ1) is 23.2. The first-order chi connectivity index (χ1) is 13.7. The number of hydrogen-bond donors (Lipinski definition) is 1. The molecule has 0 aliphatic heterocycles. The smallest absolute Gasteiger partial charge is 0.242 e. The fourth-order valence-corrected chi connectivity index (χ4v) is 3.32. The lowest BCUT2D eigenvalue weighted by Crippen LogP contribution is -2.48. The van der Waals surface area contributed by atoms with Crippen molar-refractivity contribution < 1.29 is 9.59 Å². The largest absolute Gasteiger partial charge is 0.354 e. The van der Waals surface area contributed by atoms with Crippen LogP contribution >= 0.6 is 23.2 Å². The number of amides is 2. The zero-order chi connectivity index (χ0) is 21.6. The third-order valence-electron chi connectivity index (χ3n) is 4.98. The van der Waals surface area contributed by atoms with Crippen LogP contribution in [0, 0.1) is 13.8 Å². The van der Waals surface area contributed by atoms with Crippen LogP contribution in [0.15, 0.2) is 36.4 Å². The molecular weight excluding hydrogens is 407 g/mol. The second-order valence-electron chi connectivity index (χ2n) is 7.33. The van der Waals surface area contributed by atoms with E-state index in [-0.39, 0.29) is 24.8 Å². The third-order valence-corrected chi connectivity index (χ3v) is 5.72. The number of carbonyl (C=O) groups excluding carboxylic acids is 2. The molecule has 0 saturated carbocycles. The number of halogens is 2. The molecule has 0 fully saturated rings. The van der Waals surface area contributed by atoms with Crippen molar-refractivity contribution in [3.05, 3.63) is 68.7 Å². The Labute approximate surface area is 183 Å². The van der Waals surface area contributed by atoms with Gasteiger partial charge in [0, 0.05) is 13.1 Å². The summed E-state index contributed by atoms with van der Waals surface area (Å²) in [5.74, 6) is -0.279. The Kier molecular flexibility index (Phi) is 8.54. The van der Waals surface area contributed by atoms with Gasteiger partial charge in [0.2, 0.25) is 11.8 Å². The standard InChI is InChI=1S/C23H28Cl2N2O2/c1-5-10-26-23(29)17(4)27(14-19-8-9-20(24)21(25)12-19)22(28)13-18-7-6-15(2)16(3)11-18/h6-9,11-12,17H,5,10,13-14H2,1-4H3,(H,26,29). The highest BCUT2D eigenvalue weighted by atomic mass is 35.5. The van der Waals surface area contributed by atoms with Gasteiger partial charge in [-0.25, -0.2) is 0 Å². The summed E-state index contributed by atoms with van der Waals surface area (Å²) in [4.78, 5) is 27.3. The second-order valence-corrected chi connectivity index (χ2v) is 8.15. The number of hydrogen-bond acceptors (Lipinski definition) is 2. The van der Waals surface area contributed by atoms with E-state index in [1.54, 1.807) is 24.0 Å². The van der Waals surface area contributed by atoms with Crippen molar-refractivity contribution in [2.45, 2.75) is 53.1 Å². The summed E-state index contributed by atoms with van der Waals surface area (Å²) >= 11 is 12.1. The molecule has 0 spiro atoms. The number of carbonyl (C=O) groups is 2. The Bertz CT molecular complexity index is 883. The zero-order valence-corrected chi connectivity index (χ0v) is 18.9. The van der Waals surface area contributed by atoms with E-state index in [0.29, 0.717) is 16.6 Å². The van der Waals surface area contributed by atoms with Crippen LogP contribution in [0.5, 0.6) is 0 Å². The Morgan fingerprint density at radius 1 is 1.00 bits per heavy atom. The van der Waals surface area contributed by atoms with Gasteiger partial charge in [0.15, 0.2) is 0 Å². The van der Waals surface area contributed by atoms with E-state index in [9.17, 15) is 9.59 Å². The van der Waals surface area contributed by atoms with Crippen molar-refractivity contribution in [3.63, 3.8) is 0 Å². The van der Waals surface area contributed by atoms with E-state index in [4.69, 9.17) is 23.2 Å². The summed E-state index contributed by atoms with van der Waals surface area (Å²) in [6.07, 6.45) is 1.07. The molecule has 156 valence electrons. The molecule has 2 amide bonds. The van der Waals surface area contributed by atoms with Gasteiger partial charge in [-0.15, -0.1) is 0 Å². The summed E-state index contributed by atoms with van der Waals surface area (Å²) in [5.41, 5.74) is 4.07. The third kappa shape index (κ3) is 6.48. The van der Waals surface area contributed by atoms with Crippen LogP contribution in [-0.4, -0.2) is 29.3 Å². The Morgan fingerprint density at radius 3 is 2.31 bits per heavy atom. The van der Waals surface area contributed by atoms with Crippen LogP contribution in [0.25, 0.3) is 0 Å². The molecule has 0 aliphatic rings. The molecule has 1 atom stereocenters. The molecule has 6 heteroatoms. The minimum Gasteiger partial charge on any atom is -0.354 e. The molecule has 2 aromatic rings. The van der Waals surface area contributed by atoms with Crippen LogP contribution < -0.4 is 5.32 Å². The lowest BCUT2D eigenvalue weighted by molar-refractivity contribution is -0.140. The fraction of sp³-hybridized carbons (Fsp3) is 0.391. The van der Waals surface area contributed by atoms with Gasteiger partial charge in [-0.3, -0.25) is 9.59 Å². The quantitative estimate of drug-likeness (QED) is 0.628. The van der Waals surface area contributed by atoms with Crippen molar-refractivity contribution in [2.75, 3.05) is 6.54 Å². The average Bonchev–Trinajstić information content (AvgIpc) is 2.69. The molecule has 0 aliphatic carbocycles. The van der Waals surface area contributed by atoms with Crippen LogP contribution in [0.3, 0.4) is 0 Å². The molecular formula is C23H28Cl2N2O2. The maximum absolute atomic E-state index is 13.2. The summed E-state index contributed by atoms with van der Waals surface area (Å²) in [6.45, 7) is 8.66.